The Morgan fingerprint density at radius 2 is 2.04 bits per heavy atom. The van der Waals surface area contributed by atoms with Crippen LogP contribution in [0.4, 0.5) is 0 Å². The van der Waals surface area contributed by atoms with E-state index in [2.05, 4.69) is 31.6 Å². The fourth-order valence-electron chi connectivity index (χ4n) is 3.46. The Kier molecular flexibility index (Phi) is 4.57. The molecular weight excluding hydrogens is 346 g/mol. The summed E-state index contributed by atoms with van der Waals surface area (Å²) >= 11 is 0. The molecule has 2 aromatic heterocycles. The lowest BCUT2D eigenvalue weighted by Crippen LogP contribution is -2.36. The fourth-order valence-corrected chi connectivity index (χ4v) is 3.46. The summed E-state index contributed by atoms with van der Waals surface area (Å²) in [7, 11) is 3.33. The molecule has 8 nitrogen and oxygen atoms in total. The first-order chi connectivity index (χ1) is 13.1. The highest BCUT2D eigenvalue weighted by atomic mass is 16.5. The Labute approximate surface area is 157 Å². The standard InChI is InChI=1S/C19H23N5O3/c1-12-11-27-19(20-12)18-22-21-17-13(2)23(7-8-24(17)18)10-14-5-6-15(25-3)9-16(14)26-4/h5-6,9,11,13H,7-8,10H2,1-4H3/t13-/m0/s1. The molecule has 3 aromatic rings. The van der Waals surface area contributed by atoms with E-state index in [1.807, 2.05) is 25.1 Å². The van der Waals surface area contributed by atoms with Crippen LogP contribution in [-0.2, 0) is 13.1 Å². The van der Waals surface area contributed by atoms with Crippen LogP contribution in [0.25, 0.3) is 11.7 Å². The second-order valence-corrected chi connectivity index (χ2v) is 6.65. The van der Waals surface area contributed by atoms with E-state index >= 15 is 0 Å². The van der Waals surface area contributed by atoms with Gasteiger partial charge in [0.05, 0.1) is 26.0 Å². The maximum absolute atomic E-state index is 5.54. The Morgan fingerprint density at radius 1 is 1.19 bits per heavy atom. The molecular formula is C19H23N5O3. The van der Waals surface area contributed by atoms with E-state index < -0.39 is 0 Å². The fraction of sp³-hybridized carbons (Fsp3) is 0.421. The number of ether oxygens (including phenoxy) is 2. The minimum atomic E-state index is 0.114. The third-order valence-corrected chi connectivity index (χ3v) is 4.99. The van der Waals surface area contributed by atoms with Crippen molar-refractivity contribution >= 4 is 0 Å². The smallest absolute Gasteiger partial charge is 0.265 e. The molecule has 1 aliphatic rings. The number of hydrogen-bond donors (Lipinski definition) is 0. The van der Waals surface area contributed by atoms with Gasteiger partial charge in [-0.05, 0) is 19.9 Å². The van der Waals surface area contributed by atoms with Gasteiger partial charge in [-0.3, -0.25) is 4.90 Å². The van der Waals surface area contributed by atoms with E-state index in [0.29, 0.717) is 11.7 Å². The SMILES string of the molecule is COc1ccc(CN2CCn3c(-c4nc(C)co4)nnc3[C@@H]2C)c(OC)c1. The number of benzene rings is 1. The van der Waals surface area contributed by atoms with Crippen LogP contribution in [0, 0.1) is 6.92 Å². The minimum absolute atomic E-state index is 0.114. The molecule has 0 spiro atoms. The molecule has 4 rings (SSSR count). The molecule has 0 saturated carbocycles. The lowest BCUT2D eigenvalue weighted by Gasteiger charge is -2.33. The molecule has 1 aromatic carbocycles. The van der Waals surface area contributed by atoms with Gasteiger partial charge in [-0.15, -0.1) is 10.2 Å². The predicted octanol–water partition coefficient (Wildman–Crippen LogP) is 2.84. The van der Waals surface area contributed by atoms with Gasteiger partial charge in [-0.1, -0.05) is 6.07 Å². The van der Waals surface area contributed by atoms with Gasteiger partial charge in [-0.25, -0.2) is 4.98 Å². The van der Waals surface area contributed by atoms with Gasteiger partial charge in [0.1, 0.15) is 17.8 Å². The van der Waals surface area contributed by atoms with Gasteiger partial charge in [0.25, 0.3) is 5.89 Å². The monoisotopic (exact) mass is 369 g/mol. The summed E-state index contributed by atoms with van der Waals surface area (Å²) in [5.41, 5.74) is 1.95. The zero-order valence-electron chi connectivity index (χ0n) is 16.0. The summed E-state index contributed by atoms with van der Waals surface area (Å²) in [6.07, 6.45) is 1.63. The van der Waals surface area contributed by atoms with Crippen LogP contribution in [0.3, 0.4) is 0 Å². The van der Waals surface area contributed by atoms with Gasteiger partial charge in [-0.2, -0.15) is 0 Å². The number of aromatic nitrogens is 4. The molecule has 0 N–H and O–H groups in total. The maximum atomic E-state index is 5.54. The average Bonchev–Trinajstić information content (AvgIpc) is 3.30. The second kappa shape index (κ2) is 7.03. The van der Waals surface area contributed by atoms with Gasteiger partial charge >= 0.3 is 0 Å². The van der Waals surface area contributed by atoms with Crippen LogP contribution < -0.4 is 9.47 Å². The van der Waals surface area contributed by atoms with Crippen molar-refractivity contribution in [3.05, 3.63) is 41.5 Å². The number of hydrogen-bond acceptors (Lipinski definition) is 7. The minimum Gasteiger partial charge on any atom is -0.497 e. The highest BCUT2D eigenvalue weighted by molar-refractivity contribution is 5.42. The van der Waals surface area contributed by atoms with Crippen molar-refractivity contribution in [1.82, 2.24) is 24.6 Å². The van der Waals surface area contributed by atoms with Crippen molar-refractivity contribution in [2.75, 3.05) is 20.8 Å². The lowest BCUT2D eigenvalue weighted by molar-refractivity contribution is 0.155. The largest absolute Gasteiger partial charge is 0.497 e. The quantitative estimate of drug-likeness (QED) is 0.684. The molecule has 0 amide bonds. The van der Waals surface area contributed by atoms with Gasteiger partial charge < -0.3 is 18.5 Å². The van der Waals surface area contributed by atoms with E-state index in [-0.39, 0.29) is 6.04 Å². The Balaban J connectivity index is 1.58. The number of fused-ring (bicyclic) bond motifs is 1. The van der Waals surface area contributed by atoms with Crippen LogP contribution in [0.15, 0.2) is 28.9 Å². The number of methoxy groups -OCH3 is 2. The summed E-state index contributed by atoms with van der Waals surface area (Å²) in [6.45, 7) is 6.44. The molecule has 1 atom stereocenters. The first-order valence-electron chi connectivity index (χ1n) is 8.91. The summed E-state index contributed by atoms with van der Waals surface area (Å²) in [4.78, 5) is 6.74. The van der Waals surface area contributed by atoms with E-state index in [9.17, 15) is 0 Å². The summed E-state index contributed by atoms with van der Waals surface area (Å²) in [6, 6.07) is 6.03. The normalized spacial score (nSPS) is 17.0. The van der Waals surface area contributed by atoms with Crippen molar-refractivity contribution in [3.63, 3.8) is 0 Å². The van der Waals surface area contributed by atoms with Crippen molar-refractivity contribution in [3.8, 4) is 23.2 Å². The van der Waals surface area contributed by atoms with Crippen molar-refractivity contribution in [2.24, 2.45) is 0 Å². The molecule has 0 fully saturated rings. The van der Waals surface area contributed by atoms with E-state index in [1.54, 1.807) is 20.5 Å². The highest BCUT2D eigenvalue weighted by Crippen LogP contribution is 2.32. The van der Waals surface area contributed by atoms with E-state index in [1.165, 1.54) is 0 Å². The molecule has 8 heteroatoms. The first kappa shape index (κ1) is 17.5. The predicted molar refractivity (Wildman–Crippen MR) is 98.6 cm³/mol. The number of aryl methyl sites for hydroxylation is 1. The van der Waals surface area contributed by atoms with Gasteiger partial charge in [0.15, 0.2) is 5.82 Å². The maximum Gasteiger partial charge on any atom is 0.265 e. The van der Waals surface area contributed by atoms with Gasteiger partial charge in [0, 0.05) is 31.3 Å². The molecule has 0 bridgehead atoms. The molecule has 0 aliphatic carbocycles. The lowest BCUT2D eigenvalue weighted by atomic mass is 10.1. The zero-order valence-corrected chi connectivity index (χ0v) is 16.0. The van der Waals surface area contributed by atoms with Crippen molar-refractivity contribution < 1.29 is 13.9 Å². The topological polar surface area (TPSA) is 78.4 Å². The van der Waals surface area contributed by atoms with E-state index in [4.69, 9.17) is 13.9 Å². The summed E-state index contributed by atoms with van der Waals surface area (Å²) in [5, 5.41) is 8.72. The van der Waals surface area contributed by atoms with Crippen LogP contribution >= 0.6 is 0 Å². The Hall–Kier alpha value is -2.87. The summed E-state index contributed by atoms with van der Waals surface area (Å²) in [5.74, 6) is 3.73. The Bertz CT molecular complexity index is 949. The average molecular weight is 369 g/mol. The summed E-state index contributed by atoms with van der Waals surface area (Å²) < 4.78 is 18.4. The van der Waals surface area contributed by atoms with Gasteiger partial charge in [0.2, 0.25) is 5.82 Å². The number of oxazole rings is 1. The highest BCUT2D eigenvalue weighted by Gasteiger charge is 2.30. The molecule has 0 radical (unpaired) electrons. The molecule has 0 unspecified atom stereocenters. The first-order valence-corrected chi connectivity index (χ1v) is 8.91. The molecule has 1 aliphatic heterocycles. The molecule has 142 valence electrons. The number of nitrogens with zero attached hydrogens (tertiary/aromatic N) is 5. The third kappa shape index (κ3) is 3.16. The van der Waals surface area contributed by atoms with Crippen LogP contribution in [0.5, 0.6) is 11.5 Å². The molecule has 27 heavy (non-hydrogen) atoms. The van der Waals surface area contributed by atoms with Crippen LogP contribution in [-0.4, -0.2) is 45.4 Å². The van der Waals surface area contributed by atoms with Crippen LogP contribution in [0.1, 0.15) is 30.0 Å². The van der Waals surface area contributed by atoms with E-state index in [0.717, 1.165) is 48.2 Å². The number of rotatable bonds is 5. The Morgan fingerprint density at radius 3 is 2.74 bits per heavy atom. The van der Waals surface area contributed by atoms with Crippen molar-refractivity contribution in [1.29, 1.82) is 0 Å². The second-order valence-electron chi connectivity index (χ2n) is 6.65. The molecule has 0 saturated heterocycles. The molecule has 3 heterocycles. The zero-order chi connectivity index (χ0) is 19.0. The van der Waals surface area contributed by atoms with Crippen molar-refractivity contribution in [2.45, 2.75) is 33.0 Å². The third-order valence-electron chi connectivity index (χ3n) is 4.99. The van der Waals surface area contributed by atoms with Crippen LogP contribution in [0.2, 0.25) is 0 Å².